The van der Waals surface area contributed by atoms with Gasteiger partial charge in [-0.3, -0.25) is 9.88 Å². The van der Waals surface area contributed by atoms with Crippen molar-refractivity contribution in [2.45, 2.75) is 18.9 Å². The third-order valence-electron chi connectivity index (χ3n) is 6.14. The molecular formula is C24H26FN5O. The van der Waals surface area contributed by atoms with E-state index >= 15 is 0 Å². The molecule has 5 rings (SSSR count). The summed E-state index contributed by atoms with van der Waals surface area (Å²) in [6.07, 6.45) is 5.72. The molecule has 1 aromatic carbocycles. The predicted molar refractivity (Wildman–Crippen MR) is 118 cm³/mol. The van der Waals surface area contributed by atoms with Gasteiger partial charge in [-0.25, -0.2) is 14.4 Å². The van der Waals surface area contributed by atoms with E-state index in [-0.39, 0.29) is 5.82 Å². The third-order valence-corrected chi connectivity index (χ3v) is 6.14. The summed E-state index contributed by atoms with van der Waals surface area (Å²) in [5.41, 5.74) is 2.60. The zero-order valence-electron chi connectivity index (χ0n) is 17.5. The number of morpholine rings is 1. The largest absolute Gasteiger partial charge is 0.379 e. The second-order valence-electron chi connectivity index (χ2n) is 8.04. The molecule has 6 nitrogen and oxygen atoms in total. The van der Waals surface area contributed by atoms with Gasteiger partial charge in [0.2, 0.25) is 0 Å². The van der Waals surface area contributed by atoms with Crippen molar-refractivity contribution < 1.29 is 9.13 Å². The molecule has 31 heavy (non-hydrogen) atoms. The van der Waals surface area contributed by atoms with Crippen molar-refractivity contribution in [2.24, 2.45) is 0 Å². The summed E-state index contributed by atoms with van der Waals surface area (Å²) in [6.45, 7) is 5.64. The SMILES string of the molecule is Fc1ccc(-c2cc(N3CCC(N4CCOCC4)CC3)nc(-c3ccncc3)n2)cc1. The lowest BCUT2D eigenvalue weighted by atomic mass is 10.0. The fourth-order valence-electron chi connectivity index (χ4n) is 4.40. The maximum absolute atomic E-state index is 13.4. The van der Waals surface area contributed by atoms with Crippen LogP contribution >= 0.6 is 0 Å². The average molecular weight is 420 g/mol. The second-order valence-corrected chi connectivity index (χ2v) is 8.04. The minimum atomic E-state index is -0.252. The molecule has 3 aromatic rings. The molecule has 0 N–H and O–H groups in total. The van der Waals surface area contributed by atoms with Crippen LogP contribution in [0.1, 0.15) is 12.8 Å². The van der Waals surface area contributed by atoms with E-state index in [1.807, 2.05) is 18.2 Å². The number of benzene rings is 1. The van der Waals surface area contributed by atoms with Crippen LogP contribution < -0.4 is 4.90 Å². The first-order valence-corrected chi connectivity index (χ1v) is 10.9. The van der Waals surface area contributed by atoms with Gasteiger partial charge in [0, 0.05) is 61.8 Å². The third kappa shape index (κ3) is 4.57. The Hall–Kier alpha value is -2.90. The lowest BCUT2D eigenvalue weighted by molar-refractivity contribution is 0.0115. The highest BCUT2D eigenvalue weighted by Crippen LogP contribution is 2.28. The topological polar surface area (TPSA) is 54.4 Å². The fourth-order valence-corrected chi connectivity index (χ4v) is 4.40. The molecule has 0 saturated carbocycles. The number of anilines is 1. The maximum atomic E-state index is 13.4. The van der Waals surface area contributed by atoms with Gasteiger partial charge in [0.05, 0.1) is 18.9 Å². The van der Waals surface area contributed by atoms with Crippen LogP contribution in [0.15, 0.2) is 54.9 Å². The van der Waals surface area contributed by atoms with E-state index in [0.717, 1.165) is 74.9 Å². The van der Waals surface area contributed by atoms with Crippen molar-refractivity contribution in [1.82, 2.24) is 19.9 Å². The number of pyridine rings is 1. The maximum Gasteiger partial charge on any atom is 0.162 e. The van der Waals surface area contributed by atoms with E-state index in [2.05, 4.69) is 14.8 Å². The predicted octanol–water partition coefficient (Wildman–Crippen LogP) is 3.65. The number of ether oxygens (including phenoxy) is 1. The van der Waals surface area contributed by atoms with Gasteiger partial charge >= 0.3 is 0 Å². The van der Waals surface area contributed by atoms with E-state index in [1.165, 1.54) is 12.1 Å². The molecule has 2 fully saturated rings. The summed E-state index contributed by atoms with van der Waals surface area (Å²) in [4.78, 5) is 18.7. The van der Waals surface area contributed by atoms with Gasteiger partial charge in [0.25, 0.3) is 0 Å². The molecular weight excluding hydrogens is 393 g/mol. The number of halogens is 1. The monoisotopic (exact) mass is 419 g/mol. The first-order valence-electron chi connectivity index (χ1n) is 10.9. The molecule has 0 radical (unpaired) electrons. The molecule has 0 bridgehead atoms. The standard InChI is InChI=1S/C24H26FN5O/c25-20-3-1-18(2-4-20)22-17-23(28-24(27-22)19-5-9-26-10-6-19)30-11-7-21(8-12-30)29-13-15-31-16-14-29/h1-6,9-10,17,21H,7-8,11-16H2. The summed E-state index contributed by atoms with van der Waals surface area (Å²) in [5, 5.41) is 0. The van der Waals surface area contributed by atoms with Gasteiger partial charge < -0.3 is 9.64 Å². The van der Waals surface area contributed by atoms with Crippen molar-refractivity contribution in [3.63, 3.8) is 0 Å². The number of aromatic nitrogens is 3. The van der Waals surface area contributed by atoms with E-state index in [0.29, 0.717) is 11.9 Å². The lowest BCUT2D eigenvalue weighted by Gasteiger charge is -2.40. The molecule has 160 valence electrons. The van der Waals surface area contributed by atoms with Crippen LogP contribution in [0.3, 0.4) is 0 Å². The normalized spacial score (nSPS) is 18.3. The van der Waals surface area contributed by atoms with Crippen LogP contribution in [0.5, 0.6) is 0 Å². The van der Waals surface area contributed by atoms with Gasteiger partial charge in [-0.05, 0) is 49.2 Å². The Kier molecular flexibility index (Phi) is 5.86. The second kappa shape index (κ2) is 9.08. The highest BCUT2D eigenvalue weighted by molar-refractivity contribution is 5.67. The zero-order chi connectivity index (χ0) is 21.0. The Balaban J connectivity index is 1.42. The molecule has 0 amide bonds. The Bertz CT molecular complexity index is 1000. The van der Waals surface area contributed by atoms with E-state index in [4.69, 9.17) is 14.7 Å². The summed E-state index contributed by atoms with van der Waals surface area (Å²) >= 11 is 0. The van der Waals surface area contributed by atoms with Gasteiger partial charge in [0.1, 0.15) is 11.6 Å². The molecule has 0 aliphatic carbocycles. The summed E-state index contributed by atoms with van der Waals surface area (Å²) in [6, 6.07) is 12.9. The number of rotatable bonds is 4. The van der Waals surface area contributed by atoms with Crippen LogP contribution in [0.4, 0.5) is 10.2 Å². The molecule has 2 aromatic heterocycles. The molecule has 0 spiro atoms. The zero-order valence-corrected chi connectivity index (χ0v) is 17.5. The number of nitrogens with zero attached hydrogens (tertiary/aromatic N) is 5. The van der Waals surface area contributed by atoms with Crippen LogP contribution in [-0.4, -0.2) is 65.3 Å². The Morgan fingerprint density at radius 2 is 1.55 bits per heavy atom. The first-order chi connectivity index (χ1) is 15.3. The van der Waals surface area contributed by atoms with Gasteiger partial charge in [0.15, 0.2) is 5.82 Å². The van der Waals surface area contributed by atoms with Crippen molar-refractivity contribution in [3.8, 4) is 22.6 Å². The Labute approximate surface area is 181 Å². The molecule has 2 aliphatic heterocycles. The summed E-state index contributed by atoms with van der Waals surface area (Å²) in [7, 11) is 0. The minimum Gasteiger partial charge on any atom is -0.379 e. The quantitative estimate of drug-likeness (QED) is 0.644. The molecule has 0 unspecified atom stereocenters. The van der Waals surface area contributed by atoms with Crippen LogP contribution in [0, 0.1) is 5.82 Å². The van der Waals surface area contributed by atoms with Gasteiger partial charge in [-0.1, -0.05) is 0 Å². The van der Waals surface area contributed by atoms with Gasteiger partial charge in [-0.2, -0.15) is 0 Å². The molecule has 2 aliphatic rings. The Morgan fingerprint density at radius 1 is 0.839 bits per heavy atom. The number of piperidine rings is 1. The van der Waals surface area contributed by atoms with E-state index in [9.17, 15) is 4.39 Å². The van der Waals surface area contributed by atoms with Crippen LogP contribution in [0.2, 0.25) is 0 Å². The van der Waals surface area contributed by atoms with Crippen LogP contribution in [-0.2, 0) is 4.74 Å². The summed E-state index contributed by atoms with van der Waals surface area (Å²) in [5.74, 6) is 1.33. The van der Waals surface area contributed by atoms with Crippen molar-refractivity contribution >= 4 is 5.82 Å². The summed E-state index contributed by atoms with van der Waals surface area (Å²) < 4.78 is 18.9. The molecule has 0 atom stereocenters. The van der Waals surface area contributed by atoms with Crippen LogP contribution in [0.25, 0.3) is 22.6 Å². The molecule has 7 heteroatoms. The number of hydrogen-bond donors (Lipinski definition) is 0. The highest BCUT2D eigenvalue weighted by atomic mass is 19.1. The average Bonchev–Trinajstić information content (AvgIpc) is 2.85. The van der Waals surface area contributed by atoms with Gasteiger partial charge in [-0.15, -0.1) is 0 Å². The van der Waals surface area contributed by atoms with Crippen molar-refractivity contribution in [1.29, 1.82) is 0 Å². The fraction of sp³-hybridized carbons (Fsp3) is 0.375. The van der Waals surface area contributed by atoms with E-state index in [1.54, 1.807) is 24.5 Å². The van der Waals surface area contributed by atoms with E-state index < -0.39 is 0 Å². The lowest BCUT2D eigenvalue weighted by Crippen LogP contribution is -2.49. The Morgan fingerprint density at radius 3 is 2.26 bits per heavy atom. The number of hydrogen-bond acceptors (Lipinski definition) is 6. The van der Waals surface area contributed by atoms with Crippen molar-refractivity contribution in [3.05, 3.63) is 60.7 Å². The van der Waals surface area contributed by atoms with Crippen molar-refractivity contribution in [2.75, 3.05) is 44.3 Å². The highest BCUT2D eigenvalue weighted by Gasteiger charge is 2.27. The molecule has 2 saturated heterocycles. The molecule has 4 heterocycles. The first kappa shape index (κ1) is 20.0. The minimum absolute atomic E-state index is 0.252. The smallest absolute Gasteiger partial charge is 0.162 e.